The number of aryl methyl sites for hydroxylation is 3. The van der Waals surface area contributed by atoms with E-state index in [4.69, 9.17) is 4.74 Å². The highest BCUT2D eigenvalue weighted by atomic mass is 32.1. The molecule has 0 atom stereocenters. The molecular weight excluding hydrogens is 288 g/mol. The SMILES string of the molecule is CCCCOC(=O)Cn1c(C)nc2sc(C)c(C)c2c1=O. The number of hydrogen-bond donors (Lipinski definition) is 0. The Kier molecular flexibility index (Phi) is 4.77. The standard InChI is InChI=1S/C15H20N2O3S/c1-5-6-7-20-12(18)8-17-11(4)16-14-13(15(17)19)9(2)10(3)21-14/h5-8H2,1-4H3. The van der Waals surface area contributed by atoms with Crippen LogP contribution in [0.2, 0.25) is 0 Å². The average molecular weight is 308 g/mol. The van der Waals surface area contributed by atoms with Crippen LogP contribution < -0.4 is 5.56 Å². The van der Waals surface area contributed by atoms with Crippen LogP contribution in [0.4, 0.5) is 0 Å². The van der Waals surface area contributed by atoms with Gasteiger partial charge in [0.25, 0.3) is 5.56 Å². The van der Waals surface area contributed by atoms with Gasteiger partial charge >= 0.3 is 5.97 Å². The average Bonchev–Trinajstić information content (AvgIpc) is 2.70. The first-order chi connectivity index (χ1) is 9.95. The fraction of sp³-hybridized carbons (Fsp3) is 0.533. The number of rotatable bonds is 5. The lowest BCUT2D eigenvalue weighted by molar-refractivity contribution is -0.144. The summed E-state index contributed by atoms with van der Waals surface area (Å²) in [6, 6.07) is 0. The summed E-state index contributed by atoms with van der Waals surface area (Å²) in [5, 5.41) is 0.615. The maximum Gasteiger partial charge on any atom is 0.326 e. The number of fused-ring (bicyclic) bond motifs is 1. The normalized spacial score (nSPS) is 11.0. The van der Waals surface area contributed by atoms with E-state index in [1.807, 2.05) is 20.8 Å². The fourth-order valence-electron chi connectivity index (χ4n) is 2.12. The van der Waals surface area contributed by atoms with Crippen LogP contribution in [0.25, 0.3) is 10.2 Å². The molecule has 0 amide bonds. The van der Waals surface area contributed by atoms with Gasteiger partial charge in [0.15, 0.2) is 0 Å². The van der Waals surface area contributed by atoms with E-state index in [9.17, 15) is 9.59 Å². The molecule has 0 saturated carbocycles. The summed E-state index contributed by atoms with van der Waals surface area (Å²) in [6.45, 7) is 7.98. The topological polar surface area (TPSA) is 61.2 Å². The van der Waals surface area contributed by atoms with Crippen LogP contribution in [0.15, 0.2) is 4.79 Å². The summed E-state index contributed by atoms with van der Waals surface area (Å²) in [4.78, 5) is 30.6. The Balaban J connectivity index is 2.34. The number of aromatic nitrogens is 2. The molecule has 0 N–H and O–H groups in total. The first-order valence-electron chi connectivity index (χ1n) is 7.08. The number of ether oxygens (including phenoxy) is 1. The number of carbonyl (C=O) groups is 1. The molecule has 0 aliphatic carbocycles. The monoisotopic (exact) mass is 308 g/mol. The van der Waals surface area contributed by atoms with Gasteiger partial charge in [-0.2, -0.15) is 0 Å². The third-order valence-corrected chi connectivity index (χ3v) is 4.63. The molecule has 5 nitrogen and oxygen atoms in total. The van der Waals surface area contributed by atoms with Crippen molar-refractivity contribution in [2.24, 2.45) is 0 Å². The molecule has 0 radical (unpaired) electrons. The Bertz CT molecular complexity index is 731. The summed E-state index contributed by atoms with van der Waals surface area (Å²) in [5.41, 5.74) is 0.785. The minimum absolute atomic E-state index is 0.0777. The van der Waals surface area contributed by atoms with E-state index in [-0.39, 0.29) is 18.1 Å². The zero-order valence-corrected chi connectivity index (χ0v) is 13.7. The number of carbonyl (C=O) groups excluding carboxylic acids is 1. The first-order valence-corrected chi connectivity index (χ1v) is 7.90. The lowest BCUT2D eigenvalue weighted by Gasteiger charge is -2.09. The third-order valence-electron chi connectivity index (χ3n) is 3.53. The Morgan fingerprint density at radius 1 is 1.33 bits per heavy atom. The molecule has 0 saturated heterocycles. The molecule has 21 heavy (non-hydrogen) atoms. The molecule has 2 heterocycles. The molecule has 0 unspecified atom stereocenters. The van der Waals surface area contributed by atoms with Crippen molar-refractivity contribution in [2.45, 2.75) is 47.1 Å². The lowest BCUT2D eigenvalue weighted by Crippen LogP contribution is -2.28. The molecule has 0 bridgehead atoms. The van der Waals surface area contributed by atoms with E-state index in [2.05, 4.69) is 4.98 Å². The highest BCUT2D eigenvalue weighted by molar-refractivity contribution is 7.18. The summed E-state index contributed by atoms with van der Waals surface area (Å²) in [7, 11) is 0. The maximum atomic E-state index is 12.6. The highest BCUT2D eigenvalue weighted by Crippen LogP contribution is 2.26. The van der Waals surface area contributed by atoms with E-state index >= 15 is 0 Å². The first kappa shape index (κ1) is 15.7. The number of thiophene rings is 1. The molecule has 2 aromatic heterocycles. The van der Waals surface area contributed by atoms with Crippen molar-refractivity contribution in [3.8, 4) is 0 Å². The van der Waals surface area contributed by atoms with Crippen molar-refractivity contribution in [1.82, 2.24) is 9.55 Å². The Morgan fingerprint density at radius 2 is 2.05 bits per heavy atom. The Labute approximate surface area is 127 Å². The van der Waals surface area contributed by atoms with Crippen molar-refractivity contribution in [1.29, 1.82) is 0 Å². The third kappa shape index (κ3) is 3.15. The van der Waals surface area contributed by atoms with Crippen LogP contribution in [0.5, 0.6) is 0 Å². The minimum atomic E-state index is -0.389. The van der Waals surface area contributed by atoms with E-state index in [0.29, 0.717) is 17.8 Å². The van der Waals surface area contributed by atoms with Crippen LogP contribution in [0, 0.1) is 20.8 Å². The van der Waals surface area contributed by atoms with Crippen molar-refractivity contribution < 1.29 is 9.53 Å². The van der Waals surface area contributed by atoms with Crippen molar-refractivity contribution in [2.75, 3.05) is 6.61 Å². The van der Waals surface area contributed by atoms with Crippen LogP contribution in [0.3, 0.4) is 0 Å². The van der Waals surface area contributed by atoms with Crippen LogP contribution in [-0.2, 0) is 16.1 Å². The van der Waals surface area contributed by atoms with Gasteiger partial charge in [-0.05, 0) is 32.8 Å². The molecule has 114 valence electrons. The van der Waals surface area contributed by atoms with Crippen molar-refractivity contribution in [3.05, 3.63) is 26.6 Å². The van der Waals surface area contributed by atoms with E-state index < -0.39 is 0 Å². The number of unbranched alkanes of at least 4 members (excludes halogenated alkanes) is 1. The van der Waals surface area contributed by atoms with Gasteiger partial charge in [0, 0.05) is 4.88 Å². The van der Waals surface area contributed by atoms with Gasteiger partial charge in [-0.3, -0.25) is 14.2 Å². The Morgan fingerprint density at radius 3 is 2.71 bits per heavy atom. The second kappa shape index (κ2) is 6.39. The number of esters is 1. The zero-order chi connectivity index (χ0) is 15.6. The van der Waals surface area contributed by atoms with Gasteiger partial charge in [0.2, 0.25) is 0 Å². The molecule has 2 aromatic rings. The molecular formula is C15H20N2O3S. The van der Waals surface area contributed by atoms with Gasteiger partial charge in [0.05, 0.1) is 12.0 Å². The molecule has 0 fully saturated rings. The fourth-order valence-corrected chi connectivity index (χ4v) is 3.19. The van der Waals surface area contributed by atoms with Crippen LogP contribution in [-0.4, -0.2) is 22.1 Å². The van der Waals surface area contributed by atoms with Gasteiger partial charge in [-0.1, -0.05) is 13.3 Å². The van der Waals surface area contributed by atoms with Gasteiger partial charge in [0.1, 0.15) is 17.2 Å². The second-order valence-electron chi connectivity index (χ2n) is 5.09. The van der Waals surface area contributed by atoms with Crippen molar-refractivity contribution >= 4 is 27.5 Å². The molecule has 0 aliphatic rings. The Hall–Kier alpha value is -1.69. The smallest absolute Gasteiger partial charge is 0.326 e. The maximum absolute atomic E-state index is 12.6. The van der Waals surface area contributed by atoms with E-state index in [1.54, 1.807) is 6.92 Å². The summed E-state index contributed by atoms with van der Waals surface area (Å²) >= 11 is 1.51. The summed E-state index contributed by atoms with van der Waals surface area (Å²) in [6.07, 6.45) is 1.80. The van der Waals surface area contributed by atoms with Gasteiger partial charge in [-0.15, -0.1) is 11.3 Å². The molecule has 0 spiro atoms. The van der Waals surface area contributed by atoms with Crippen LogP contribution >= 0.6 is 11.3 Å². The lowest BCUT2D eigenvalue weighted by atomic mass is 10.2. The zero-order valence-electron chi connectivity index (χ0n) is 12.9. The minimum Gasteiger partial charge on any atom is -0.464 e. The van der Waals surface area contributed by atoms with Crippen LogP contribution in [0.1, 0.15) is 36.0 Å². The van der Waals surface area contributed by atoms with E-state index in [1.165, 1.54) is 15.9 Å². The summed E-state index contributed by atoms with van der Waals surface area (Å²) < 4.78 is 6.52. The predicted octanol–water partition coefficient (Wildman–Crippen LogP) is 2.73. The molecule has 0 aliphatic heterocycles. The quantitative estimate of drug-likeness (QED) is 0.629. The van der Waals surface area contributed by atoms with Crippen molar-refractivity contribution in [3.63, 3.8) is 0 Å². The molecule has 6 heteroatoms. The predicted molar refractivity (Wildman–Crippen MR) is 84.0 cm³/mol. The summed E-state index contributed by atoms with van der Waals surface area (Å²) in [5.74, 6) is 0.153. The highest BCUT2D eigenvalue weighted by Gasteiger charge is 2.16. The van der Waals surface area contributed by atoms with Gasteiger partial charge in [-0.25, -0.2) is 4.98 Å². The molecule has 2 rings (SSSR count). The number of hydrogen-bond acceptors (Lipinski definition) is 5. The number of nitrogens with zero attached hydrogens (tertiary/aromatic N) is 2. The second-order valence-corrected chi connectivity index (χ2v) is 6.29. The van der Waals surface area contributed by atoms with E-state index in [0.717, 1.165) is 28.1 Å². The molecule has 0 aromatic carbocycles. The largest absolute Gasteiger partial charge is 0.464 e. The van der Waals surface area contributed by atoms with Gasteiger partial charge < -0.3 is 4.74 Å².